The largest absolute Gasteiger partial charge is 0.497 e. The van der Waals surface area contributed by atoms with Crippen LogP contribution in [0.25, 0.3) is 10.4 Å². The van der Waals surface area contributed by atoms with Crippen LogP contribution in [-0.4, -0.2) is 100 Å². The van der Waals surface area contributed by atoms with Crippen molar-refractivity contribution in [2.45, 2.75) is 114 Å². The first kappa shape index (κ1) is 58.2. The minimum absolute atomic E-state index is 0.0478. The molecule has 0 bridgehead atoms. The van der Waals surface area contributed by atoms with Crippen molar-refractivity contribution in [1.29, 1.82) is 0 Å². The Morgan fingerprint density at radius 2 is 1.04 bits per heavy atom. The van der Waals surface area contributed by atoms with Crippen molar-refractivity contribution in [3.63, 3.8) is 0 Å². The number of carboxylic acids is 1. The van der Waals surface area contributed by atoms with E-state index in [-0.39, 0.29) is 38.6 Å². The fourth-order valence-electron chi connectivity index (χ4n) is 10.4. The fraction of sp³-hybridized carbons (Fsp3) is 0.312. The molecular weight excluding hydrogens is 1050 g/mol. The van der Waals surface area contributed by atoms with Crippen molar-refractivity contribution in [3.05, 3.63) is 245 Å². The molecule has 1 N–H and O–H groups in total. The van der Waals surface area contributed by atoms with Gasteiger partial charge in [0.15, 0.2) is 24.8 Å². The summed E-state index contributed by atoms with van der Waals surface area (Å²) >= 11 is 0. The Bertz CT molecular complexity index is 3070. The summed E-state index contributed by atoms with van der Waals surface area (Å²) in [5.74, 6) is -1.53. The summed E-state index contributed by atoms with van der Waals surface area (Å²) in [6, 6.07) is 62.3. The molecule has 2 aliphatic rings. The first-order valence-electron chi connectivity index (χ1n) is 26.9. The Kier molecular flexibility index (Phi) is 19.9. The molecule has 0 aliphatic carbocycles. The van der Waals surface area contributed by atoms with Gasteiger partial charge in [0.1, 0.15) is 42.3 Å². The highest BCUT2D eigenvalue weighted by atomic mass is 28.4. The molecule has 420 valence electrons. The van der Waals surface area contributed by atoms with E-state index in [1.807, 2.05) is 176 Å². The van der Waals surface area contributed by atoms with Gasteiger partial charge in [-0.25, -0.2) is 9.59 Å². The molecule has 10 atom stereocenters. The summed E-state index contributed by atoms with van der Waals surface area (Å²) in [5, 5.41) is 16.9. The van der Waals surface area contributed by atoms with Crippen LogP contribution in [0, 0.1) is 0 Å². The number of methoxy groups -OCH3 is 1. The zero-order chi connectivity index (χ0) is 56.6. The number of hydrogen-bond donors (Lipinski definition) is 1. The lowest BCUT2D eigenvalue weighted by atomic mass is 9.95. The van der Waals surface area contributed by atoms with E-state index in [4.69, 9.17) is 47.1 Å². The average molecular weight is 1110 g/mol. The highest BCUT2D eigenvalue weighted by Gasteiger charge is 2.60. The number of ether oxygens (including phenoxy) is 9. The third-order valence-electron chi connectivity index (χ3n) is 14.4. The molecule has 7 aromatic carbocycles. The summed E-state index contributed by atoms with van der Waals surface area (Å²) in [5.41, 5.74) is 13.9. The maximum Gasteiger partial charge on any atom is 0.338 e. The molecule has 16 nitrogen and oxygen atoms in total. The molecule has 9 rings (SSSR count). The van der Waals surface area contributed by atoms with Crippen molar-refractivity contribution >= 4 is 30.6 Å². The zero-order valence-electron chi connectivity index (χ0n) is 45.6. The van der Waals surface area contributed by atoms with E-state index in [9.17, 15) is 20.2 Å². The Morgan fingerprint density at radius 1 is 0.568 bits per heavy atom. The van der Waals surface area contributed by atoms with Crippen LogP contribution in [0.4, 0.5) is 0 Å². The molecule has 81 heavy (non-hydrogen) atoms. The molecule has 2 fully saturated rings. The molecule has 0 radical (unpaired) electrons. The third-order valence-corrected chi connectivity index (χ3v) is 19.3. The SMILES string of the molecule is COc1ccc(COC[C@H]2O[C@H](O[C@H]3[C@H](OCc4ccccc4)[C@@H](OC(=O)c4ccccc4)[C@H](O[Si](c4ccccc4)(c4ccccc4)C(C)(C)C)O[C@@H]3C(=O)O)[C@H](N=[N+]=[N-])[C@@H](OCc3ccccc3)[C@@H]2OCc2ccccc2)cc1. The normalized spacial score (nSPS) is 22.9. The van der Waals surface area contributed by atoms with Crippen LogP contribution in [-0.2, 0) is 73.5 Å². The Hall–Kier alpha value is -7.51. The van der Waals surface area contributed by atoms with Gasteiger partial charge in [-0.2, -0.15) is 0 Å². The van der Waals surface area contributed by atoms with E-state index in [1.165, 1.54) is 0 Å². The van der Waals surface area contributed by atoms with Gasteiger partial charge in [-0.05, 0) is 67.5 Å². The van der Waals surface area contributed by atoms with Gasteiger partial charge in [-0.15, -0.1) is 0 Å². The van der Waals surface area contributed by atoms with Gasteiger partial charge in [0.05, 0.1) is 45.7 Å². The van der Waals surface area contributed by atoms with Gasteiger partial charge < -0.3 is 52.2 Å². The molecule has 17 heteroatoms. The van der Waals surface area contributed by atoms with Crippen molar-refractivity contribution in [1.82, 2.24) is 0 Å². The minimum atomic E-state index is -3.65. The second-order valence-corrected chi connectivity index (χ2v) is 25.0. The van der Waals surface area contributed by atoms with Gasteiger partial charge in [0.25, 0.3) is 8.32 Å². The van der Waals surface area contributed by atoms with Gasteiger partial charge in [-0.1, -0.05) is 208 Å². The van der Waals surface area contributed by atoms with Crippen LogP contribution in [0.5, 0.6) is 5.75 Å². The summed E-state index contributed by atoms with van der Waals surface area (Å²) in [6.45, 7) is 6.32. The van der Waals surface area contributed by atoms with Crippen molar-refractivity contribution in [2.75, 3.05) is 13.7 Å². The van der Waals surface area contributed by atoms with Crippen molar-refractivity contribution < 1.29 is 61.8 Å². The molecular formula is C64H67N3O13Si. The molecule has 0 aromatic heterocycles. The summed E-state index contributed by atoms with van der Waals surface area (Å²) < 4.78 is 67.3. The van der Waals surface area contributed by atoms with Gasteiger partial charge in [0, 0.05) is 4.91 Å². The molecule has 2 aliphatic heterocycles. The molecule has 2 saturated heterocycles. The monoisotopic (exact) mass is 1110 g/mol. The highest BCUT2D eigenvalue weighted by Crippen LogP contribution is 2.42. The van der Waals surface area contributed by atoms with Gasteiger partial charge >= 0.3 is 11.9 Å². The third kappa shape index (κ3) is 14.3. The lowest BCUT2D eigenvalue weighted by molar-refractivity contribution is -0.341. The van der Waals surface area contributed by atoms with Crippen LogP contribution in [0.3, 0.4) is 0 Å². The first-order chi connectivity index (χ1) is 39.4. The van der Waals surface area contributed by atoms with Crippen LogP contribution in [0.2, 0.25) is 5.04 Å². The van der Waals surface area contributed by atoms with Crippen molar-refractivity contribution in [2.24, 2.45) is 5.11 Å². The summed E-state index contributed by atoms with van der Waals surface area (Å²) in [7, 11) is -2.06. The number of benzene rings is 7. The van der Waals surface area contributed by atoms with E-state index < -0.39 is 86.6 Å². The van der Waals surface area contributed by atoms with E-state index in [0.717, 1.165) is 32.6 Å². The Labute approximate surface area is 473 Å². The number of hydrogen-bond acceptors (Lipinski definition) is 13. The number of aliphatic carboxylic acids is 1. The van der Waals surface area contributed by atoms with Crippen LogP contribution >= 0.6 is 0 Å². The van der Waals surface area contributed by atoms with Gasteiger partial charge in [0.2, 0.25) is 0 Å². The lowest BCUT2D eigenvalue weighted by Crippen LogP contribution is -2.72. The maximum absolute atomic E-state index is 14.7. The number of rotatable bonds is 24. The zero-order valence-corrected chi connectivity index (χ0v) is 46.6. The standard InChI is InChI=1S/C64H67N3O13Si/c1-64(2,3)81(50-31-19-9-20-32-50,51-33-21-10-22-34-51)80-63-59(77-61(70)48-29-17-8-18-30-48)56(75-42-46-27-15-7-16-28-46)57(58(79-63)60(68)69)78-62-53(66-67-65)55(74-41-45-25-13-6-14-26-45)54(73-40-44-23-11-5-12-24-44)52(76-62)43-72-39-47-35-37-49(71-4)38-36-47/h5-38,52-59,62-63H,39-43H2,1-4H3,(H,68,69)/t52-,53-,54-,55-,56+,57+,58+,59-,62-,63+/m1/s1. The quantitative estimate of drug-likeness (QED) is 0.0198. The first-order valence-corrected chi connectivity index (χ1v) is 28.8. The average Bonchev–Trinajstić information content (AvgIpc) is 3.68. The second-order valence-electron chi connectivity index (χ2n) is 20.8. The fourth-order valence-corrected chi connectivity index (χ4v) is 14.9. The van der Waals surface area contributed by atoms with E-state index in [0.29, 0.717) is 5.75 Å². The molecule has 7 aromatic rings. The minimum Gasteiger partial charge on any atom is -0.497 e. The van der Waals surface area contributed by atoms with Gasteiger partial charge in [-0.3, -0.25) is 0 Å². The van der Waals surface area contributed by atoms with Crippen molar-refractivity contribution in [3.8, 4) is 5.75 Å². The number of nitrogens with zero attached hydrogens (tertiary/aromatic N) is 3. The number of carboxylic acid groups (broad SMARTS) is 1. The topological polar surface area (TPSA) is 195 Å². The predicted molar refractivity (Wildman–Crippen MR) is 305 cm³/mol. The van der Waals surface area contributed by atoms with Crippen LogP contribution < -0.4 is 15.1 Å². The molecule has 0 unspecified atom stereocenters. The number of carbonyl (C=O) groups excluding carboxylic acids is 1. The predicted octanol–water partition coefficient (Wildman–Crippen LogP) is 10.4. The van der Waals surface area contributed by atoms with Crippen LogP contribution in [0.1, 0.15) is 53.4 Å². The maximum atomic E-state index is 14.7. The second kappa shape index (κ2) is 27.8. The Balaban J connectivity index is 1.16. The molecule has 0 spiro atoms. The molecule has 0 amide bonds. The number of azide groups is 1. The number of carbonyl (C=O) groups is 2. The Morgan fingerprint density at radius 3 is 1.52 bits per heavy atom. The van der Waals surface area contributed by atoms with E-state index in [2.05, 4.69) is 30.8 Å². The number of esters is 1. The van der Waals surface area contributed by atoms with E-state index >= 15 is 0 Å². The highest BCUT2D eigenvalue weighted by molar-refractivity contribution is 6.99. The molecule has 2 heterocycles. The summed E-state index contributed by atoms with van der Waals surface area (Å²) in [4.78, 5) is 32.2. The molecule has 0 saturated carbocycles. The van der Waals surface area contributed by atoms with Crippen LogP contribution in [0.15, 0.2) is 211 Å². The summed E-state index contributed by atoms with van der Waals surface area (Å²) in [6.07, 6.45) is -12.8. The lowest BCUT2D eigenvalue weighted by Gasteiger charge is -2.51. The van der Waals surface area contributed by atoms with E-state index in [1.54, 1.807) is 37.4 Å². The smallest absolute Gasteiger partial charge is 0.338 e.